The third-order valence-electron chi connectivity index (χ3n) is 5.00. The topological polar surface area (TPSA) is 125 Å². The molecule has 8 nitrogen and oxygen atoms in total. The first-order chi connectivity index (χ1) is 13.9. The number of hydrogen-bond acceptors (Lipinski definition) is 6. The number of nitrogens with zero attached hydrogens (tertiary/aromatic N) is 2. The van der Waals surface area contributed by atoms with E-state index in [2.05, 4.69) is 4.98 Å². The Morgan fingerprint density at radius 2 is 2.00 bits per heavy atom. The first kappa shape index (κ1) is 15.8. The summed E-state index contributed by atoms with van der Waals surface area (Å²) >= 11 is 0. The number of aromatic nitrogens is 2. The van der Waals surface area contributed by atoms with Crippen molar-refractivity contribution in [2.75, 3.05) is 0 Å². The van der Waals surface area contributed by atoms with Crippen LogP contribution in [-0.4, -0.2) is 60.4 Å². The number of aliphatic hydroxyl groups is 3. The lowest BCUT2D eigenvalue weighted by Crippen LogP contribution is -2.57. The van der Waals surface area contributed by atoms with Gasteiger partial charge in [0.1, 0.15) is 18.3 Å². The van der Waals surface area contributed by atoms with Gasteiger partial charge in [0.15, 0.2) is 12.3 Å². The summed E-state index contributed by atoms with van der Waals surface area (Å²) in [5.74, 6) is -2.57. The molecule has 1 aliphatic heterocycles. The molecule has 1 aromatic carbocycles. The number of carboxylic acids is 1. The highest BCUT2D eigenvalue weighted by atomic mass is 16.6. The summed E-state index contributed by atoms with van der Waals surface area (Å²) in [6.45, 7) is 1.27. The summed E-state index contributed by atoms with van der Waals surface area (Å²) in [4.78, 5) is 15.5. The summed E-state index contributed by atoms with van der Waals surface area (Å²) in [7, 11) is 0. The Balaban J connectivity index is 2.00. The van der Waals surface area contributed by atoms with Crippen molar-refractivity contribution in [1.29, 1.82) is 0 Å². The van der Waals surface area contributed by atoms with Gasteiger partial charge in [-0.1, -0.05) is 25.1 Å². The Kier molecular flexibility index (Phi) is 4.32. The minimum Gasteiger partial charge on any atom is -0.479 e. The van der Waals surface area contributed by atoms with Crippen LogP contribution in [0.15, 0.2) is 30.7 Å². The van der Waals surface area contributed by atoms with Crippen molar-refractivity contribution < 1.29 is 34.1 Å². The van der Waals surface area contributed by atoms with E-state index >= 15 is 0 Å². The second kappa shape index (κ2) is 7.40. The number of carbonyl (C=O) groups is 1. The molecule has 0 amide bonds. The summed E-state index contributed by atoms with van der Waals surface area (Å²) in [6.07, 6.45) is -5.83. The van der Waals surface area contributed by atoms with Crippen LogP contribution in [0.1, 0.15) is 45.5 Å². The van der Waals surface area contributed by atoms with Gasteiger partial charge in [-0.05, 0) is 30.5 Å². The fourth-order valence-electron chi connectivity index (χ4n) is 3.20. The van der Waals surface area contributed by atoms with Crippen molar-refractivity contribution in [1.82, 2.24) is 9.55 Å². The molecule has 3 rings (SSSR count). The second-order valence-electron chi connectivity index (χ2n) is 6.73. The maximum atomic E-state index is 11.3. The van der Waals surface area contributed by atoms with Crippen LogP contribution in [-0.2, 0) is 9.53 Å². The van der Waals surface area contributed by atoms with Crippen molar-refractivity contribution in [2.45, 2.75) is 57.3 Å². The standard InChI is InChI=1S/C19H24N2O6/c1-9-5-4-6-12(10(9)2)11(3)13-7-21(8-20-13)18-16(24)14(22)15(23)17(27-18)19(25)26/h4-8,11,14-18,22-24H,1-3H3,(H,25,26)/t11-,14?,15?,16?,17?,18?/m0/s1/i3D3. The molecule has 0 spiro atoms. The largest absolute Gasteiger partial charge is 0.479 e. The lowest BCUT2D eigenvalue weighted by Gasteiger charge is -2.39. The van der Waals surface area contributed by atoms with E-state index in [0.717, 1.165) is 11.1 Å². The lowest BCUT2D eigenvalue weighted by molar-refractivity contribution is -0.246. The van der Waals surface area contributed by atoms with Crippen molar-refractivity contribution in [3.8, 4) is 0 Å². The molecular weight excluding hydrogens is 352 g/mol. The SMILES string of the molecule is [2H]C([2H])([2H])[C@H](c1cn(C2OC(C(=O)O)C(O)C(O)C2O)cn1)c1cccc(C)c1C. The molecule has 0 radical (unpaired) electrons. The molecule has 1 aliphatic rings. The number of rotatable bonds is 4. The van der Waals surface area contributed by atoms with E-state index in [1.165, 1.54) is 17.1 Å². The van der Waals surface area contributed by atoms with Crippen molar-refractivity contribution in [2.24, 2.45) is 0 Å². The van der Waals surface area contributed by atoms with Gasteiger partial charge in [-0.15, -0.1) is 0 Å². The number of benzene rings is 1. The van der Waals surface area contributed by atoms with E-state index in [4.69, 9.17) is 8.85 Å². The fraction of sp³-hybridized carbons (Fsp3) is 0.474. The molecule has 8 heteroatoms. The molecule has 1 fully saturated rings. The number of hydrogen-bond donors (Lipinski definition) is 4. The summed E-state index contributed by atoms with van der Waals surface area (Å²) < 4.78 is 30.6. The summed E-state index contributed by atoms with van der Waals surface area (Å²) in [5.41, 5.74) is 2.48. The predicted octanol–water partition coefficient (Wildman–Crippen LogP) is 0.716. The highest BCUT2D eigenvalue weighted by Gasteiger charge is 2.47. The van der Waals surface area contributed by atoms with Crippen molar-refractivity contribution in [3.05, 3.63) is 53.1 Å². The Hall–Kier alpha value is -2.26. The number of carboxylic acid groups (broad SMARTS) is 1. The van der Waals surface area contributed by atoms with Gasteiger partial charge >= 0.3 is 5.97 Å². The van der Waals surface area contributed by atoms with Crippen LogP contribution in [0.5, 0.6) is 0 Å². The average Bonchev–Trinajstić information content (AvgIpc) is 3.11. The molecule has 146 valence electrons. The summed E-state index contributed by atoms with van der Waals surface area (Å²) in [6, 6.07) is 5.35. The normalized spacial score (nSPS) is 31.6. The fourth-order valence-corrected chi connectivity index (χ4v) is 3.20. The molecule has 27 heavy (non-hydrogen) atoms. The van der Waals surface area contributed by atoms with Crippen LogP contribution in [0.25, 0.3) is 0 Å². The monoisotopic (exact) mass is 379 g/mol. The van der Waals surface area contributed by atoms with Gasteiger partial charge in [-0.25, -0.2) is 9.78 Å². The second-order valence-corrected chi connectivity index (χ2v) is 6.73. The Labute approximate surface area is 160 Å². The summed E-state index contributed by atoms with van der Waals surface area (Å²) in [5, 5.41) is 39.3. The van der Waals surface area contributed by atoms with Gasteiger partial charge in [-0.3, -0.25) is 0 Å². The molecule has 2 aromatic rings. The number of aryl methyl sites for hydroxylation is 1. The molecule has 1 saturated heterocycles. The van der Waals surface area contributed by atoms with Crippen LogP contribution in [0.2, 0.25) is 0 Å². The third-order valence-corrected chi connectivity index (χ3v) is 5.00. The van der Waals surface area contributed by atoms with E-state index in [1.54, 1.807) is 12.1 Å². The molecular formula is C19H24N2O6. The van der Waals surface area contributed by atoms with Crippen LogP contribution in [0.4, 0.5) is 0 Å². The lowest BCUT2D eigenvalue weighted by atomic mass is 9.92. The average molecular weight is 379 g/mol. The number of aliphatic carboxylic acids is 1. The molecule has 0 bridgehead atoms. The van der Waals surface area contributed by atoms with E-state index < -0.39 is 49.4 Å². The maximum absolute atomic E-state index is 11.3. The van der Waals surface area contributed by atoms with Gasteiger partial charge < -0.3 is 29.7 Å². The minimum absolute atomic E-state index is 0.173. The quantitative estimate of drug-likeness (QED) is 0.617. The van der Waals surface area contributed by atoms with Gasteiger partial charge in [-0.2, -0.15) is 0 Å². The third kappa shape index (κ3) is 3.49. The van der Waals surface area contributed by atoms with Gasteiger partial charge in [0.2, 0.25) is 0 Å². The molecule has 5 unspecified atom stereocenters. The first-order valence-electron chi connectivity index (χ1n) is 9.95. The zero-order chi connectivity index (χ0) is 22.4. The van der Waals surface area contributed by atoms with Crippen LogP contribution >= 0.6 is 0 Å². The van der Waals surface area contributed by atoms with Crippen LogP contribution in [0, 0.1) is 13.8 Å². The van der Waals surface area contributed by atoms with Gasteiger partial charge in [0.25, 0.3) is 0 Å². The zero-order valence-corrected chi connectivity index (χ0v) is 14.9. The molecule has 0 saturated carbocycles. The smallest absolute Gasteiger partial charge is 0.335 e. The van der Waals surface area contributed by atoms with E-state index in [9.17, 15) is 25.2 Å². The van der Waals surface area contributed by atoms with Gasteiger partial charge in [0, 0.05) is 16.2 Å². The predicted molar refractivity (Wildman–Crippen MR) is 95.2 cm³/mol. The maximum Gasteiger partial charge on any atom is 0.335 e. The van der Waals surface area contributed by atoms with E-state index in [-0.39, 0.29) is 5.69 Å². The van der Waals surface area contributed by atoms with Crippen molar-refractivity contribution in [3.63, 3.8) is 0 Å². The Morgan fingerprint density at radius 1 is 1.26 bits per heavy atom. The molecule has 4 N–H and O–H groups in total. The van der Waals surface area contributed by atoms with E-state index in [1.807, 2.05) is 19.9 Å². The van der Waals surface area contributed by atoms with Gasteiger partial charge in [0.05, 0.1) is 12.0 Å². The molecule has 6 atom stereocenters. The highest BCUT2D eigenvalue weighted by molar-refractivity contribution is 5.73. The highest BCUT2D eigenvalue weighted by Crippen LogP contribution is 2.31. The number of aliphatic hydroxyl groups excluding tert-OH is 3. The molecule has 2 heterocycles. The Bertz CT molecular complexity index is 931. The Morgan fingerprint density at radius 3 is 2.67 bits per heavy atom. The number of ether oxygens (including phenoxy) is 1. The van der Waals surface area contributed by atoms with E-state index in [0.29, 0.717) is 5.56 Å². The zero-order valence-electron chi connectivity index (χ0n) is 17.9. The van der Waals surface area contributed by atoms with Crippen LogP contribution < -0.4 is 0 Å². The number of imidazole rings is 1. The molecule has 0 aliphatic carbocycles. The minimum atomic E-state index is -2.43. The van der Waals surface area contributed by atoms with Crippen LogP contribution in [0.3, 0.4) is 0 Å². The van der Waals surface area contributed by atoms with Crippen molar-refractivity contribution >= 4 is 5.97 Å². The molecule has 1 aromatic heterocycles. The first-order valence-corrected chi connectivity index (χ1v) is 8.45.